The number of hydrogen-bond donors (Lipinski definition) is 4. The largest absolute Gasteiger partial charge is 0.393 e. The fraction of sp³-hybridized carbons (Fsp3) is 0.857. The molecule has 0 aromatic carbocycles. The molecule has 9 nitrogen and oxygen atoms in total. The Morgan fingerprint density at radius 1 is 0.903 bits per heavy atom. The quantitative estimate of drug-likeness (QED) is 0.297. The van der Waals surface area contributed by atoms with Crippen LogP contribution in [0, 0.1) is 17.8 Å². The Bertz CT molecular complexity index is 695. The summed E-state index contributed by atoms with van der Waals surface area (Å²) >= 11 is 0. The highest BCUT2D eigenvalue weighted by atomic mass is 32.2. The van der Waals surface area contributed by atoms with Crippen molar-refractivity contribution in [2.75, 3.05) is 18.6 Å². The van der Waals surface area contributed by atoms with Gasteiger partial charge in [-0.05, 0) is 44.9 Å². The summed E-state index contributed by atoms with van der Waals surface area (Å²) in [5.74, 6) is -1.68. The smallest absolute Gasteiger partial charge is 0.242 e. The Morgan fingerprint density at radius 3 is 1.97 bits per heavy atom. The molecule has 0 fully saturated rings. The standard InChI is InChI=1S/C21H41N3O6S/c1-8-22-21(28)17(9-10-31(7,29)30)24-20(27)16(6)23-19(26)15(5)12-18(25)14(4)11-13(2)3/h13-18,25H,8-12H2,1-7H3,(H,22,28)(H,23,26)(H,24,27)/t14-,15+,16-,17?,18-/m0/s1. The number of sulfone groups is 1. The van der Waals surface area contributed by atoms with Gasteiger partial charge in [-0.25, -0.2) is 8.42 Å². The normalized spacial score (nSPS) is 16.7. The van der Waals surface area contributed by atoms with E-state index in [1.807, 2.05) is 6.92 Å². The van der Waals surface area contributed by atoms with Crippen molar-refractivity contribution in [3.05, 3.63) is 0 Å². The van der Waals surface area contributed by atoms with Gasteiger partial charge in [0.25, 0.3) is 0 Å². The van der Waals surface area contributed by atoms with Gasteiger partial charge < -0.3 is 21.1 Å². The molecular formula is C21H41N3O6S. The van der Waals surface area contributed by atoms with Crippen LogP contribution in [0.2, 0.25) is 0 Å². The Balaban J connectivity index is 4.87. The van der Waals surface area contributed by atoms with Gasteiger partial charge in [-0.3, -0.25) is 14.4 Å². The van der Waals surface area contributed by atoms with Crippen molar-refractivity contribution in [1.29, 1.82) is 0 Å². The van der Waals surface area contributed by atoms with Gasteiger partial charge in [0.05, 0.1) is 11.9 Å². The molecule has 182 valence electrons. The topological polar surface area (TPSA) is 142 Å². The zero-order valence-electron chi connectivity index (χ0n) is 19.9. The average Bonchev–Trinajstić information content (AvgIpc) is 2.63. The van der Waals surface area contributed by atoms with Crippen molar-refractivity contribution in [1.82, 2.24) is 16.0 Å². The Labute approximate surface area is 187 Å². The summed E-state index contributed by atoms with van der Waals surface area (Å²) in [6.07, 6.45) is 1.51. The minimum atomic E-state index is -3.31. The molecule has 0 aliphatic rings. The van der Waals surface area contributed by atoms with Crippen molar-refractivity contribution >= 4 is 27.6 Å². The maximum atomic E-state index is 12.5. The molecule has 10 heteroatoms. The minimum Gasteiger partial charge on any atom is -0.393 e. The highest BCUT2D eigenvalue weighted by Gasteiger charge is 2.27. The van der Waals surface area contributed by atoms with Gasteiger partial charge >= 0.3 is 0 Å². The number of aliphatic hydroxyl groups excluding tert-OH is 1. The third-order valence-electron chi connectivity index (χ3n) is 5.06. The third kappa shape index (κ3) is 12.7. The second kappa shape index (κ2) is 13.7. The predicted octanol–water partition coefficient (Wildman–Crippen LogP) is 0.616. The van der Waals surface area contributed by atoms with E-state index in [9.17, 15) is 27.9 Å². The monoisotopic (exact) mass is 463 g/mol. The first-order valence-corrected chi connectivity index (χ1v) is 13.0. The van der Waals surface area contributed by atoms with Crippen LogP contribution in [0.25, 0.3) is 0 Å². The van der Waals surface area contributed by atoms with Gasteiger partial charge in [-0.15, -0.1) is 0 Å². The molecule has 0 spiro atoms. The van der Waals surface area contributed by atoms with Crippen molar-refractivity contribution < 1.29 is 27.9 Å². The summed E-state index contributed by atoms with van der Waals surface area (Å²) in [6, 6.07) is -1.94. The number of nitrogens with one attached hydrogen (secondary N) is 3. The minimum absolute atomic E-state index is 0.0589. The fourth-order valence-corrected chi connectivity index (χ4v) is 3.88. The second-order valence-electron chi connectivity index (χ2n) is 8.92. The van der Waals surface area contributed by atoms with E-state index in [1.54, 1.807) is 13.8 Å². The molecule has 0 aromatic heterocycles. The van der Waals surface area contributed by atoms with Gasteiger partial charge in [-0.2, -0.15) is 0 Å². The zero-order chi connectivity index (χ0) is 24.4. The lowest BCUT2D eigenvalue weighted by Gasteiger charge is -2.25. The first kappa shape index (κ1) is 29.3. The van der Waals surface area contributed by atoms with E-state index in [-0.39, 0.29) is 30.4 Å². The van der Waals surface area contributed by atoms with Crippen LogP contribution in [-0.4, -0.2) is 68.0 Å². The van der Waals surface area contributed by atoms with E-state index < -0.39 is 45.8 Å². The molecule has 1 unspecified atom stereocenters. The van der Waals surface area contributed by atoms with E-state index in [0.29, 0.717) is 12.5 Å². The molecule has 3 amide bonds. The van der Waals surface area contributed by atoms with Crippen LogP contribution in [0.1, 0.15) is 60.8 Å². The van der Waals surface area contributed by atoms with Crippen LogP contribution in [0.3, 0.4) is 0 Å². The summed E-state index contributed by atoms with van der Waals surface area (Å²) in [4.78, 5) is 37.1. The van der Waals surface area contributed by atoms with Crippen LogP contribution >= 0.6 is 0 Å². The van der Waals surface area contributed by atoms with Crippen LogP contribution in [-0.2, 0) is 24.2 Å². The van der Waals surface area contributed by atoms with Gasteiger partial charge in [0.2, 0.25) is 17.7 Å². The molecule has 31 heavy (non-hydrogen) atoms. The molecule has 0 rings (SSSR count). The van der Waals surface area contributed by atoms with E-state index in [0.717, 1.165) is 12.7 Å². The maximum absolute atomic E-state index is 12.5. The molecule has 0 radical (unpaired) electrons. The highest BCUT2D eigenvalue weighted by molar-refractivity contribution is 7.90. The number of carbonyl (C=O) groups is 3. The van der Waals surface area contributed by atoms with E-state index in [2.05, 4.69) is 29.8 Å². The molecule has 0 aliphatic heterocycles. The average molecular weight is 464 g/mol. The van der Waals surface area contributed by atoms with Gasteiger partial charge in [-0.1, -0.05) is 27.7 Å². The number of aliphatic hydroxyl groups is 1. The van der Waals surface area contributed by atoms with Crippen LogP contribution < -0.4 is 16.0 Å². The number of hydrogen-bond acceptors (Lipinski definition) is 6. The lowest BCUT2D eigenvalue weighted by Crippen LogP contribution is -2.53. The summed E-state index contributed by atoms with van der Waals surface area (Å²) in [7, 11) is -3.31. The Kier molecular flexibility index (Phi) is 12.9. The summed E-state index contributed by atoms with van der Waals surface area (Å²) in [5, 5.41) is 18.0. The molecule has 0 aromatic rings. The van der Waals surface area contributed by atoms with E-state index >= 15 is 0 Å². The summed E-state index contributed by atoms with van der Waals surface area (Å²) < 4.78 is 22.9. The lowest BCUT2D eigenvalue weighted by atomic mass is 9.88. The summed E-state index contributed by atoms with van der Waals surface area (Å²) in [6.45, 7) is 11.3. The molecule has 0 saturated heterocycles. The van der Waals surface area contributed by atoms with E-state index in [4.69, 9.17) is 0 Å². The van der Waals surface area contributed by atoms with Crippen LogP contribution in [0.4, 0.5) is 0 Å². The second-order valence-corrected chi connectivity index (χ2v) is 11.2. The predicted molar refractivity (Wildman–Crippen MR) is 121 cm³/mol. The van der Waals surface area contributed by atoms with Crippen molar-refractivity contribution in [3.8, 4) is 0 Å². The third-order valence-corrected chi connectivity index (χ3v) is 6.03. The molecule has 4 N–H and O–H groups in total. The van der Waals surface area contributed by atoms with Crippen molar-refractivity contribution in [2.45, 2.75) is 79.0 Å². The van der Waals surface area contributed by atoms with Crippen molar-refractivity contribution in [3.63, 3.8) is 0 Å². The summed E-state index contributed by atoms with van der Waals surface area (Å²) in [5.41, 5.74) is 0. The Morgan fingerprint density at radius 2 is 1.48 bits per heavy atom. The SMILES string of the molecule is CCNC(=O)C(CCS(C)(=O)=O)NC(=O)[C@H](C)NC(=O)[C@H](C)C[C@H](O)[C@@H](C)CC(C)C. The molecular weight excluding hydrogens is 422 g/mol. The molecule has 5 atom stereocenters. The Hall–Kier alpha value is -1.68. The lowest BCUT2D eigenvalue weighted by molar-refractivity contribution is -0.133. The number of likely N-dealkylation sites (N-methyl/N-ethyl adjacent to an activating group) is 1. The molecule has 0 saturated carbocycles. The number of carbonyl (C=O) groups excluding carboxylic acids is 3. The zero-order valence-corrected chi connectivity index (χ0v) is 20.7. The number of rotatable bonds is 14. The number of amides is 3. The maximum Gasteiger partial charge on any atom is 0.242 e. The van der Waals surface area contributed by atoms with Gasteiger partial charge in [0.1, 0.15) is 21.9 Å². The van der Waals surface area contributed by atoms with Crippen LogP contribution in [0.5, 0.6) is 0 Å². The molecule has 0 heterocycles. The first-order valence-electron chi connectivity index (χ1n) is 10.9. The van der Waals surface area contributed by atoms with E-state index in [1.165, 1.54) is 6.92 Å². The molecule has 0 aliphatic carbocycles. The highest BCUT2D eigenvalue weighted by Crippen LogP contribution is 2.20. The molecule has 0 bridgehead atoms. The fourth-order valence-electron chi connectivity index (χ4n) is 3.22. The van der Waals surface area contributed by atoms with Gasteiger partial charge in [0, 0.05) is 18.7 Å². The van der Waals surface area contributed by atoms with Crippen molar-refractivity contribution in [2.24, 2.45) is 17.8 Å². The first-order chi connectivity index (χ1) is 14.2. The van der Waals surface area contributed by atoms with Gasteiger partial charge in [0.15, 0.2) is 0 Å². The van der Waals surface area contributed by atoms with Crippen LogP contribution in [0.15, 0.2) is 0 Å².